The molecule has 7 heteroatoms. The van der Waals surface area contributed by atoms with Gasteiger partial charge in [-0.1, -0.05) is 0 Å². The predicted octanol–water partition coefficient (Wildman–Crippen LogP) is 2.53. The number of rotatable bonds is 3. The van der Waals surface area contributed by atoms with Gasteiger partial charge in [0.05, 0.1) is 14.4 Å². The predicted molar refractivity (Wildman–Crippen MR) is 61.8 cm³/mol. The molecule has 1 atom stereocenters. The molecule has 1 aromatic rings. The maximum absolute atomic E-state index is 13.2. The monoisotopic (exact) mass is 339 g/mol. The normalized spacial score (nSPS) is 12.2. The second kappa shape index (κ2) is 4.73. The van der Waals surface area contributed by atoms with Crippen LogP contribution in [0.2, 0.25) is 0 Å². The van der Waals surface area contributed by atoms with Gasteiger partial charge < -0.3 is 5.11 Å². The minimum atomic E-state index is -1.23. The van der Waals surface area contributed by atoms with Crippen LogP contribution in [0.4, 0.5) is 10.1 Å². The van der Waals surface area contributed by atoms with Crippen molar-refractivity contribution in [3.63, 3.8) is 0 Å². The third kappa shape index (κ3) is 2.46. The molecule has 1 unspecified atom stereocenters. The molecule has 0 saturated heterocycles. The Labute approximate surface area is 104 Å². The van der Waals surface area contributed by atoms with Crippen LogP contribution in [0, 0.1) is 19.5 Å². The van der Waals surface area contributed by atoms with Gasteiger partial charge in [0.15, 0.2) is 0 Å². The zero-order chi connectivity index (χ0) is 12.5. The lowest BCUT2D eigenvalue weighted by molar-refractivity contribution is -0.385. The van der Waals surface area contributed by atoms with Crippen molar-refractivity contribution in [2.75, 3.05) is 0 Å². The zero-order valence-electron chi connectivity index (χ0n) is 8.11. The molecule has 0 saturated carbocycles. The minimum absolute atomic E-state index is 0.0886. The summed E-state index contributed by atoms with van der Waals surface area (Å²) in [5.41, 5.74) is -0.504. The summed E-state index contributed by atoms with van der Waals surface area (Å²) in [6, 6.07) is 1.93. The van der Waals surface area contributed by atoms with E-state index in [1.54, 1.807) is 22.6 Å². The number of halogens is 2. The number of nitrogens with zero attached hydrogens (tertiary/aromatic N) is 1. The number of hydrogen-bond acceptors (Lipinski definition) is 3. The maximum Gasteiger partial charge on any atom is 0.310 e. The van der Waals surface area contributed by atoms with Crippen molar-refractivity contribution in [3.8, 4) is 0 Å². The second-order valence-electron chi connectivity index (χ2n) is 3.14. The van der Waals surface area contributed by atoms with Gasteiger partial charge in [0.1, 0.15) is 5.82 Å². The van der Waals surface area contributed by atoms with Crippen molar-refractivity contribution in [2.45, 2.75) is 12.8 Å². The first-order valence-electron chi connectivity index (χ1n) is 4.20. The Hall–Kier alpha value is -1.25. The van der Waals surface area contributed by atoms with Crippen LogP contribution >= 0.6 is 22.6 Å². The highest BCUT2D eigenvalue weighted by Crippen LogP contribution is 2.30. The average Bonchev–Trinajstić information content (AvgIpc) is 2.19. The Morgan fingerprint density at radius 2 is 2.19 bits per heavy atom. The third-order valence-corrected chi connectivity index (χ3v) is 2.93. The largest absolute Gasteiger partial charge is 0.481 e. The van der Waals surface area contributed by atoms with E-state index < -0.39 is 22.6 Å². The summed E-state index contributed by atoms with van der Waals surface area (Å²) < 4.78 is 13.3. The Bertz CT molecular complexity index is 463. The van der Waals surface area contributed by atoms with Gasteiger partial charge in [0, 0.05) is 11.6 Å². The summed E-state index contributed by atoms with van der Waals surface area (Å²) in [6.07, 6.45) is 0. The van der Waals surface area contributed by atoms with Crippen molar-refractivity contribution in [1.82, 2.24) is 0 Å². The highest BCUT2D eigenvalue weighted by molar-refractivity contribution is 14.1. The van der Waals surface area contributed by atoms with Crippen molar-refractivity contribution < 1.29 is 19.2 Å². The molecule has 86 valence electrons. The van der Waals surface area contributed by atoms with E-state index in [9.17, 15) is 19.3 Å². The van der Waals surface area contributed by atoms with Crippen LogP contribution in [0.3, 0.4) is 0 Å². The number of aliphatic carboxylic acids is 1. The molecule has 0 aromatic heterocycles. The lowest BCUT2D eigenvalue weighted by Gasteiger charge is -2.08. The van der Waals surface area contributed by atoms with Gasteiger partial charge in [-0.25, -0.2) is 4.39 Å². The molecule has 0 bridgehead atoms. The van der Waals surface area contributed by atoms with E-state index in [1.807, 2.05) is 0 Å². The summed E-state index contributed by atoms with van der Waals surface area (Å²) in [5, 5.41) is 19.5. The Morgan fingerprint density at radius 3 is 2.62 bits per heavy atom. The highest BCUT2D eigenvalue weighted by atomic mass is 127. The molecule has 5 nitrogen and oxygen atoms in total. The molecule has 0 aliphatic rings. The fourth-order valence-electron chi connectivity index (χ4n) is 1.19. The van der Waals surface area contributed by atoms with E-state index in [0.29, 0.717) is 0 Å². The van der Waals surface area contributed by atoms with Crippen LogP contribution < -0.4 is 0 Å². The van der Waals surface area contributed by atoms with E-state index in [0.717, 1.165) is 12.1 Å². The van der Waals surface area contributed by atoms with Crippen LogP contribution in [-0.4, -0.2) is 16.0 Å². The standard InChI is InChI=1S/C9H7FINO4/c1-4(9(13)14)5-2-6(10)7(11)3-8(5)12(15)16/h2-4H,1H3,(H,13,14). The van der Waals surface area contributed by atoms with Gasteiger partial charge in [-0.05, 0) is 35.6 Å². The Kier molecular flexibility index (Phi) is 3.79. The number of carbonyl (C=O) groups is 1. The summed E-state index contributed by atoms with van der Waals surface area (Å²) in [7, 11) is 0. The molecule has 0 fully saturated rings. The topological polar surface area (TPSA) is 80.4 Å². The molecular weight excluding hydrogens is 332 g/mol. The molecule has 0 aliphatic carbocycles. The summed E-state index contributed by atoms with van der Waals surface area (Å²) in [4.78, 5) is 20.7. The van der Waals surface area contributed by atoms with Gasteiger partial charge in [-0.15, -0.1) is 0 Å². The molecule has 16 heavy (non-hydrogen) atoms. The minimum Gasteiger partial charge on any atom is -0.481 e. The first-order chi connectivity index (χ1) is 7.34. The van der Waals surface area contributed by atoms with E-state index >= 15 is 0 Å². The lowest BCUT2D eigenvalue weighted by Crippen LogP contribution is -2.10. The number of carboxylic acids is 1. The number of benzene rings is 1. The summed E-state index contributed by atoms with van der Waals surface area (Å²) >= 11 is 1.61. The molecule has 0 radical (unpaired) electrons. The van der Waals surface area contributed by atoms with Gasteiger partial charge in [0.25, 0.3) is 5.69 Å². The third-order valence-electron chi connectivity index (χ3n) is 2.10. The highest BCUT2D eigenvalue weighted by Gasteiger charge is 2.25. The van der Waals surface area contributed by atoms with Gasteiger partial charge in [0.2, 0.25) is 0 Å². The van der Waals surface area contributed by atoms with Gasteiger partial charge in [-0.3, -0.25) is 14.9 Å². The number of carboxylic acid groups (broad SMARTS) is 1. The lowest BCUT2D eigenvalue weighted by atomic mass is 9.99. The Balaban J connectivity index is 3.41. The van der Waals surface area contributed by atoms with Crippen LogP contribution in [-0.2, 0) is 4.79 Å². The van der Waals surface area contributed by atoms with Crippen molar-refractivity contribution >= 4 is 34.2 Å². The van der Waals surface area contributed by atoms with Crippen LogP contribution in [0.15, 0.2) is 12.1 Å². The Morgan fingerprint density at radius 1 is 1.62 bits per heavy atom. The van der Waals surface area contributed by atoms with Crippen LogP contribution in [0.1, 0.15) is 18.4 Å². The first-order valence-corrected chi connectivity index (χ1v) is 5.28. The fourth-order valence-corrected chi connectivity index (χ4v) is 1.64. The van der Waals surface area contributed by atoms with E-state index in [-0.39, 0.29) is 14.8 Å². The fraction of sp³-hybridized carbons (Fsp3) is 0.222. The quantitative estimate of drug-likeness (QED) is 0.521. The van der Waals surface area contributed by atoms with Crippen molar-refractivity contribution in [1.29, 1.82) is 0 Å². The van der Waals surface area contributed by atoms with Crippen LogP contribution in [0.5, 0.6) is 0 Å². The molecule has 0 aliphatic heterocycles. The van der Waals surface area contributed by atoms with E-state index in [4.69, 9.17) is 5.11 Å². The molecule has 0 heterocycles. The van der Waals surface area contributed by atoms with E-state index in [2.05, 4.69) is 0 Å². The number of hydrogen-bond donors (Lipinski definition) is 1. The van der Waals surface area contributed by atoms with E-state index in [1.165, 1.54) is 6.92 Å². The maximum atomic E-state index is 13.2. The molecular formula is C9H7FINO4. The van der Waals surface area contributed by atoms with Gasteiger partial charge in [-0.2, -0.15) is 0 Å². The molecule has 0 spiro atoms. The zero-order valence-corrected chi connectivity index (χ0v) is 10.3. The average molecular weight is 339 g/mol. The number of nitro groups is 1. The number of nitro benzene ring substituents is 1. The summed E-state index contributed by atoms with van der Waals surface area (Å²) in [6.45, 7) is 1.27. The van der Waals surface area contributed by atoms with Crippen molar-refractivity contribution in [2.24, 2.45) is 0 Å². The molecule has 1 rings (SSSR count). The van der Waals surface area contributed by atoms with Gasteiger partial charge >= 0.3 is 5.97 Å². The van der Waals surface area contributed by atoms with Crippen molar-refractivity contribution in [3.05, 3.63) is 37.2 Å². The smallest absolute Gasteiger partial charge is 0.310 e. The summed E-state index contributed by atoms with van der Waals surface area (Å²) in [5.74, 6) is -3.01. The first kappa shape index (κ1) is 12.8. The molecule has 0 amide bonds. The second-order valence-corrected chi connectivity index (χ2v) is 4.30. The van der Waals surface area contributed by atoms with Crippen LogP contribution in [0.25, 0.3) is 0 Å². The SMILES string of the molecule is CC(C(=O)O)c1cc(F)c(I)cc1[N+](=O)[O-]. The molecule has 1 N–H and O–H groups in total. The molecule has 1 aromatic carbocycles.